The number of aromatic amines is 1. The predicted molar refractivity (Wildman–Crippen MR) is 118 cm³/mol. The predicted octanol–water partition coefficient (Wildman–Crippen LogP) is 1.57. The van der Waals surface area contributed by atoms with E-state index in [0.717, 1.165) is 4.57 Å². The van der Waals surface area contributed by atoms with E-state index in [1.807, 2.05) is 0 Å². The number of rotatable bonds is 9. The van der Waals surface area contributed by atoms with Crippen molar-refractivity contribution in [2.24, 2.45) is 0 Å². The Labute approximate surface area is 188 Å². The maximum Gasteiger partial charge on any atom is 0.459 e. The van der Waals surface area contributed by atoms with E-state index in [-0.39, 0.29) is 11.3 Å². The van der Waals surface area contributed by atoms with Crippen molar-refractivity contribution in [3.05, 3.63) is 75.1 Å². The molecule has 1 aromatic carbocycles. The Morgan fingerprint density at radius 1 is 1.42 bits per heavy atom. The van der Waals surface area contributed by atoms with Crippen LogP contribution in [0.2, 0.25) is 0 Å². The fourth-order valence-corrected chi connectivity index (χ4v) is 4.37. The lowest BCUT2D eigenvalue weighted by Crippen LogP contribution is -2.38. The second kappa shape index (κ2) is 9.60. The second-order valence-electron chi connectivity index (χ2n) is 7.24. The van der Waals surface area contributed by atoms with Crippen molar-refractivity contribution in [3.8, 4) is 18.1 Å². The molecule has 0 saturated heterocycles. The van der Waals surface area contributed by atoms with Gasteiger partial charge in [-0.15, -0.1) is 6.42 Å². The fraction of sp³-hybridized carbons (Fsp3) is 0.286. The van der Waals surface area contributed by atoms with Crippen LogP contribution in [0.1, 0.15) is 18.7 Å². The van der Waals surface area contributed by atoms with Crippen LogP contribution in [0.25, 0.3) is 0 Å². The number of nitrogens with one attached hydrogen (secondary N) is 2. The van der Waals surface area contributed by atoms with Gasteiger partial charge in [0.05, 0.1) is 0 Å². The molecule has 2 heterocycles. The lowest BCUT2D eigenvalue weighted by molar-refractivity contribution is -0.138. The Balaban J connectivity index is 1.81. The van der Waals surface area contributed by atoms with Gasteiger partial charge in [0.25, 0.3) is 5.56 Å². The number of aromatic nitrogens is 2. The van der Waals surface area contributed by atoms with Crippen molar-refractivity contribution in [2.75, 3.05) is 6.61 Å². The third kappa shape index (κ3) is 5.69. The van der Waals surface area contributed by atoms with Gasteiger partial charge in [0, 0.05) is 11.8 Å². The second-order valence-corrected chi connectivity index (χ2v) is 8.94. The lowest BCUT2D eigenvalue weighted by atomic mass is 10.1. The van der Waals surface area contributed by atoms with Gasteiger partial charge >= 0.3 is 19.4 Å². The van der Waals surface area contributed by atoms with Gasteiger partial charge in [-0.25, -0.2) is 9.36 Å². The number of carbonyl (C=O) groups is 1. The molecule has 0 unspecified atom stereocenters. The number of nitrogens with zero attached hydrogens (tertiary/aromatic N) is 1. The average molecular weight is 475 g/mol. The molecule has 1 aromatic heterocycles. The van der Waals surface area contributed by atoms with Crippen LogP contribution in [0.15, 0.2) is 58.3 Å². The maximum absolute atomic E-state index is 13.3. The number of benzene rings is 1. The first-order valence-electron chi connectivity index (χ1n) is 9.73. The number of aryl methyl sites for hydroxylation is 1. The van der Waals surface area contributed by atoms with E-state index in [2.05, 4.69) is 16.0 Å². The number of para-hydroxylation sites is 1. The van der Waals surface area contributed by atoms with E-state index in [1.165, 1.54) is 44.3 Å². The van der Waals surface area contributed by atoms with Crippen LogP contribution >= 0.6 is 7.75 Å². The molecule has 0 spiro atoms. The molecule has 0 saturated carbocycles. The van der Waals surface area contributed by atoms with E-state index in [9.17, 15) is 24.1 Å². The molecule has 1 aliphatic heterocycles. The molecule has 11 nitrogen and oxygen atoms in total. The Bertz CT molecular complexity index is 1260. The molecule has 174 valence electrons. The summed E-state index contributed by atoms with van der Waals surface area (Å²) in [6.07, 6.45) is 8.92. The first kappa shape index (κ1) is 24.2. The number of H-pyrrole nitrogens is 1. The summed E-state index contributed by atoms with van der Waals surface area (Å²) in [5, 5.41) is 11.5. The summed E-state index contributed by atoms with van der Waals surface area (Å²) in [5.74, 6) is 1.30. The normalized spacial score (nSPS) is 22.3. The monoisotopic (exact) mass is 475 g/mol. The average Bonchev–Trinajstić information content (AvgIpc) is 3.20. The molecule has 0 aliphatic carbocycles. The third-order valence-corrected chi connectivity index (χ3v) is 6.29. The van der Waals surface area contributed by atoms with Crippen molar-refractivity contribution >= 4 is 13.7 Å². The van der Waals surface area contributed by atoms with Crippen LogP contribution in [0.5, 0.6) is 5.75 Å². The van der Waals surface area contributed by atoms with Gasteiger partial charge in [0.15, 0.2) is 11.8 Å². The molecule has 1 aliphatic rings. The Kier molecular flexibility index (Phi) is 7.05. The van der Waals surface area contributed by atoms with E-state index >= 15 is 0 Å². The van der Waals surface area contributed by atoms with Gasteiger partial charge < -0.3 is 14.4 Å². The highest BCUT2D eigenvalue weighted by Gasteiger charge is 2.40. The minimum absolute atomic E-state index is 0.178. The summed E-state index contributed by atoms with van der Waals surface area (Å²) in [6.45, 7) is 2.31. The number of carboxylic acids is 1. The van der Waals surface area contributed by atoms with E-state index in [1.54, 1.807) is 18.2 Å². The zero-order valence-corrected chi connectivity index (χ0v) is 18.7. The SMILES string of the molecule is C#C[C@@]1(CO[P@](=O)(N[C@@H](C)C(=O)O)Oc2ccccc2)C=C[C@H](n2cc(C)c(=O)[nH]c2=O)O1. The smallest absolute Gasteiger partial charge is 0.459 e. The van der Waals surface area contributed by atoms with Crippen LogP contribution in [-0.4, -0.2) is 38.9 Å². The fourth-order valence-electron chi connectivity index (χ4n) is 2.85. The topological polar surface area (TPSA) is 149 Å². The van der Waals surface area contributed by atoms with Gasteiger partial charge in [-0.3, -0.25) is 23.7 Å². The molecule has 0 amide bonds. The molecular formula is C21H22N3O8P. The quantitative estimate of drug-likeness (QED) is 0.279. The summed E-state index contributed by atoms with van der Waals surface area (Å²) in [6, 6.07) is 6.77. The van der Waals surface area contributed by atoms with Crippen molar-refractivity contribution < 1.29 is 28.3 Å². The van der Waals surface area contributed by atoms with Crippen LogP contribution in [0.4, 0.5) is 0 Å². The molecule has 4 atom stereocenters. The summed E-state index contributed by atoms with van der Waals surface area (Å²) in [4.78, 5) is 37.2. The van der Waals surface area contributed by atoms with Gasteiger partial charge in [-0.2, -0.15) is 5.09 Å². The Morgan fingerprint density at radius 3 is 2.76 bits per heavy atom. The minimum atomic E-state index is -4.23. The number of hydrogen-bond acceptors (Lipinski definition) is 7. The molecular weight excluding hydrogens is 453 g/mol. The highest BCUT2D eigenvalue weighted by molar-refractivity contribution is 7.52. The number of terminal acetylenes is 1. The Hall–Kier alpha value is -3.42. The molecule has 0 bridgehead atoms. The number of carboxylic acid groups (broad SMARTS) is 1. The summed E-state index contributed by atoms with van der Waals surface area (Å²) >= 11 is 0. The molecule has 0 fully saturated rings. The maximum atomic E-state index is 13.3. The van der Waals surface area contributed by atoms with E-state index in [0.29, 0.717) is 0 Å². The van der Waals surface area contributed by atoms with Gasteiger partial charge in [0.2, 0.25) is 0 Å². The van der Waals surface area contributed by atoms with Gasteiger partial charge in [-0.1, -0.05) is 24.1 Å². The summed E-state index contributed by atoms with van der Waals surface area (Å²) in [7, 11) is -4.23. The zero-order chi connectivity index (χ0) is 24.2. The molecule has 3 N–H and O–H groups in total. The summed E-state index contributed by atoms with van der Waals surface area (Å²) in [5.41, 5.74) is -2.49. The highest BCUT2D eigenvalue weighted by atomic mass is 31.2. The minimum Gasteiger partial charge on any atom is -0.480 e. The van der Waals surface area contributed by atoms with Gasteiger partial charge in [0.1, 0.15) is 18.4 Å². The first-order valence-corrected chi connectivity index (χ1v) is 11.3. The molecule has 12 heteroatoms. The first-order chi connectivity index (χ1) is 15.6. The molecule has 3 rings (SSSR count). The molecule has 33 heavy (non-hydrogen) atoms. The molecule has 2 aromatic rings. The number of ether oxygens (including phenoxy) is 1. The summed E-state index contributed by atoms with van der Waals surface area (Å²) < 4.78 is 31.2. The van der Waals surface area contributed by atoms with Crippen molar-refractivity contribution in [3.63, 3.8) is 0 Å². The van der Waals surface area contributed by atoms with Crippen molar-refractivity contribution in [1.29, 1.82) is 0 Å². The lowest BCUT2D eigenvalue weighted by Gasteiger charge is -2.27. The number of hydrogen-bond donors (Lipinski definition) is 3. The van der Waals surface area contributed by atoms with Crippen molar-refractivity contribution in [2.45, 2.75) is 31.7 Å². The van der Waals surface area contributed by atoms with E-state index < -0.39 is 49.4 Å². The zero-order valence-electron chi connectivity index (χ0n) is 17.8. The largest absolute Gasteiger partial charge is 0.480 e. The van der Waals surface area contributed by atoms with Crippen LogP contribution in [0.3, 0.4) is 0 Å². The molecule has 0 radical (unpaired) electrons. The van der Waals surface area contributed by atoms with Crippen LogP contribution < -0.4 is 20.9 Å². The van der Waals surface area contributed by atoms with Crippen LogP contribution in [-0.2, 0) is 18.6 Å². The van der Waals surface area contributed by atoms with E-state index in [4.69, 9.17) is 20.2 Å². The van der Waals surface area contributed by atoms with Crippen LogP contribution in [0, 0.1) is 19.3 Å². The number of aliphatic carboxylic acids is 1. The third-order valence-electron chi connectivity index (χ3n) is 4.67. The van der Waals surface area contributed by atoms with Crippen molar-refractivity contribution in [1.82, 2.24) is 14.6 Å². The highest BCUT2D eigenvalue weighted by Crippen LogP contribution is 2.46. The standard InChI is InChI=1S/C21H22N3O8P/c1-4-21(11-10-17(31-21)24-12-14(2)18(25)22-20(24)28)13-30-33(29,23-15(3)19(26)27)32-16-8-6-5-7-9-16/h1,5-12,15,17H,13H2,2-3H3,(H,23,29)(H,26,27)(H,22,25,28)/t15-,17+,21-,33+/m0/s1. The van der Waals surface area contributed by atoms with Gasteiger partial charge in [-0.05, 0) is 38.1 Å². The Morgan fingerprint density at radius 2 is 2.12 bits per heavy atom.